The molecule has 0 amide bonds. The van der Waals surface area contributed by atoms with Crippen LogP contribution >= 0.6 is 0 Å². The standard InChI is InChI=1S/C12H24N2/c1-9(2)13-12-6-7-14(8-12)10(3)11-4-5-11/h9-13H,4-8H2,1-3H3. The third kappa shape index (κ3) is 2.48. The van der Waals surface area contributed by atoms with Crippen molar-refractivity contribution in [2.45, 2.75) is 58.2 Å². The van der Waals surface area contributed by atoms with Crippen molar-refractivity contribution >= 4 is 0 Å². The molecule has 2 atom stereocenters. The molecule has 1 saturated carbocycles. The lowest BCUT2D eigenvalue weighted by atomic mass is 10.2. The van der Waals surface area contributed by atoms with Crippen LogP contribution in [0.1, 0.15) is 40.0 Å². The fourth-order valence-corrected chi connectivity index (χ4v) is 2.64. The van der Waals surface area contributed by atoms with E-state index in [-0.39, 0.29) is 0 Å². The second kappa shape index (κ2) is 4.19. The number of hydrogen-bond acceptors (Lipinski definition) is 2. The van der Waals surface area contributed by atoms with Crippen molar-refractivity contribution in [1.82, 2.24) is 10.2 Å². The first kappa shape index (κ1) is 10.4. The van der Waals surface area contributed by atoms with E-state index >= 15 is 0 Å². The molecule has 0 spiro atoms. The lowest BCUT2D eigenvalue weighted by molar-refractivity contribution is 0.228. The average molecular weight is 196 g/mol. The fourth-order valence-electron chi connectivity index (χ4n) is 2.64. The van der Waals surface area contributed by atoms with Gasteiger partial charge in [-0.2, -0.15) is 0 Å². The van der Waals surface area contributed by atoms with Gasteiger partial charge in [-0.15, -0.1) is 0 Å². The predicted molar refractivity (Wildman–Crippen MR) is 60.4 cm³/mol. The Morgan fingerprint density at radius 3 is 2.43 bits per heavy atom. The number of likely N-dealkylation sites (tertiary alicyclic amines) is 1. The minimum atomic E-state index is 0.635. The van der Waals surface area contributed by atoms with Gasteiger partial charge in [-0.05, 0) is 32.1 Å². The van der Waals surface area contributed by atoms with Crippen molar-refractivity contribution in [3.8, 4) is 0 Å². The van der Waals surface area contributed by atoms with Crippen molar-refractivity contribution in [2.75, 3.05) is 13.1 Å². The van der Waals surface area contributed by atoms with Crippen LogP contribution in [0.25, 0.3) is 0 Å². The summed E-state index contributed by atoms with van der Waals surface area (Å²) in [6.45, 7) is 9.48. The van der Waals surface area contributed by atoms with E-state index in [1.807, 2.05) is 0 Å². The summed E-state index contributed by atoms with van der Waals surface area (Å²) in [5.74, 6) is 1.02. The monoisotopic (exact) mass is 196 g/mol. The van der Waals surface area contributed by atoms with E-state index in [1.165, 1.54) is 32.4 Å². The van der Waals surface area contributed by atoms with Crippen LogP contribution in [0.3, 0.4) is 0 Å². The van der Waals surface area contributed by atoms with E-state index in [2.05, 4.69) is 31.0 Å². The molecule has 14 heavy (non-hydrogen) atoms. The van der Waals surface area contributed by atoms with Crippen LogP contribution < -0.4 is 5.32 Å². The maximum atomic E-state index is 3.64. The first-order valence-corrected chi connectivity index (χ1v) is 6.17. The van der Waals surface area contributed by atoms with Gasteiger partial charge in [0, 0.05) is 31.2 Å². The molecule has 2 heteroatoms. The highest BCUT2D eigenvalue weighted by Crippen LogP contribution is 2.36. The van der Waals surface area contributed by atoms with Crippen LogP contribution in [0.5, 0.6) is 0 Å². The largest absolute Gasteiger partial charge is 0.310 e. The van der Waals surface area contributed by atoms with Crippen molar-refractivity contribution in [3.05, 3.63) is 0 Å². The highest BCUT2D eigenvalue weighted by atomic mass is 15.2. The third-order valence-corrected chi connectivity index (χ3v) is 3.67. The van der Waals surface area contributed by atoms with Gasteiger partial charge in [-0.3, -0.25) is 4.90 Å². The van der Waals surface area contributed by atoms with Crippen LogP contribution in [-0.4, -0.2) is 36.1 Å². The maximum Gasteiger partial charge on any atom is 0.0209 e. The van der Waals surface area contributed by atoms with E-state index in [0.29, 0.717) is 6.04 Å². The van der Waals surface area contributed by atoms with Gasteiger partial charge in [0.2, 0.25) is 0 Å². The first-order chi connectivity index (χ1) is 6.66. The molecule has 1 heterocycles. The first-order valence-electron chi connectivity index (χ1n) is 6.17. The van der Waals surface area contributed by atoms with Gasteiger partial charge in [0.05, 0.1) is 0 Å². The summed E-state index contributed by atoms with van der Waals surface area (Å²) in [5.41, 5.74) is 0. The normalized spacial score (nSPS) is 31.3. The summed E-state index contributed by atoms with van der Waals surface area (Å²) in [7, 11) is 0. The molecule has 1 N–H and O–H groups in total. The van der Waals surface area contributed by atoms with Gasteiger partial charge >= 0.3 is 0 Å². The molecule has 1 saturated heterocycles. The average Bonchev–Trinajstić information content (AvgIpc) is 2.86. The molecule has 2 rings (SSSR count). The topological polar surface area (TPSA) is 15.3 Å². The molecule has 2 nitrogen and oxygen atoms in total. The molecular weight excluding hydrogens is 172 g/mol. The minimum absolute atomic E-state index is 0.635. The third-order valence-electron chi connectivity index (χ3n) is 3.67. The van der Waals surface area contributed by atoms with Crippen LogP contribution in [0.4, 0.5) is 0 Å². The lowest BCUT2D eigenvalue weighted by Gasteiger charge is -2.24. The molecule has 0 bridgehead atoms. The van der Waals surface area contributed by atoms with Crippen molar-refractivity contribution in [2.24, 2.45) is 5.92 Å². The van der Waals surface area contributed by atoms with Gasteiger partial charge < -0.3 is 5.32 Å². The van der Waals surface area contributed by atoms with Gasteiger partial charge in [0.1, 0.15) is 0 Å². The predicted octanol–water partition coefficient (Wildman–Crippen LogP) is 1.86. The van der Waals surface area contributed by atoms with Crippen molar-refractivity contribution < 1.29 is 0 Å². The SMILES string of the molecule is CC(C)NC1CCN(C(C)C2CC2)C1. The summed E-state index contributed by atoms with van der Waals surface area (Å²) < 4.78 is 0. The van der Waals surface area contributed by atoms with Crippen LogP contribution in [0, 0.1) is 5.92 Å². The van der Waals surface area contributed by atoms with Crippen molar-refractivity contribution in [1.29, 1.82) is 0 Å². The molecule has 2 unspecified atom stereocenters. The Hall–Kier alpha value is -0.0800. The van der Waals surface area contributed by atoms with E-state index < -0.39 is 0 Å². The lowest BCUT2D eigenvalue weighted by Crippen LogP contribution is -2.39. The van der Waals surface area contributed by atoms with E-state index in [1.54, 1.807) is 0 Å². The summed E-state index contributed by atoms with van der Waals surface area (Å²) in [4.78, 5) is 2.68. The fraction of sp³-hybridized carbons (Fsp3) is 1.00. The number of rotatable bonds is 4. The second-order valence-electron chi connectivity index (χ2n) is 5.38. The molecule has 0 aromatic carbocycles. The van der Waals surface area contributed by atoms with E-state index in [4.69, 9.17) is 0 Å². The van der Waals surface area contributed by atoms with Crippen molar-refractivity contribution in [3.63, 3.8) is 0 Å². The van der Waals surface area contributed by atoms with Crippen LogP contribution in [-0.2, 0) is 0 Å². The van der Waals surface area contributed by atoms with E-state index in [0.717, 1.165) is 18.0 Å². The summed E-state index contributed by atoms with van der Waals surface area (Å²) in [6.07, 6.45) is 4.29. The smallest absolute Gasteiger partial charge is 0.0209 e. The zero-order valence-corrected chi connectivity index (χ0v) is 9.79. The highest BCUT2D eigenvalue weighted by molar-refractivity contribution is 4.91. The Labute approximate surface area is 88.1 Å². The van der Waals surface area contributed by atoms with Gasteiger partial charge in [-0.25, -0.2) is 0 Å². The molecule has 1 aliphatic carbocycles. The Balaban J connectivity index is 1.76. The van der Waals surface area contributed by atoms with Crippen LogP contribution in [0.15, 0.2) is 0 Å². The summed E-state index contributed by atoms with van der Waals surface area (Å²) in [6, 6.07) is 2.22. The molecule has 2 aliphatic rings. The summed E-state index contributed by atoms with van der Waals surface area (Å²) >= 11 is 0. The number of hydrogen-bond donors (Lipinski definition) is 1. The Bertz CT molecular complexity index is 187. The zero-order chi connectivity index (χ0) is 10.1. The molecule has 82 valence electrons. The molecule has 0 aromatic heterocycles. The minimum Gasteiger partial charge on any atom is -0.310 e. The molecule has 0 aromatic rings. The molecule has 0 radical (unpaired) electrons. The second-order valence-corrected chi connectivity index (χ2v) is 5.38. The molecular formula is C12H24N2. The van der Waals surface area contributed by atoms with Gasteiger partial charge in [0.15, 0.2) is 0 Å². The Morgan fingerprint density at radius 1 is 1.14 bits per heavy atom. The quantitative estimate of drug-likeness (QED) is 0.738. The Morgan fingerprint density at radius 2 is 1.86 bits per heavy atom. The maximum absolute atomic E-state index is 3.64. The molecule has 1 aliphatic heterocycles. The number of nitrogens with one attached hydrogen (secondary N) is 1. The van der Waals surface area contributed by atoms with Crippen LogP contribution in [0.2, 0.25) is 0 Å². The molecule has 2 fully saturated rings. The van der Waals surface area contributed by atoms with Gasteiger partial charge in [-0.1, -0.05) is 13.8 Å². The van der Waals surface area contributed by atoms with E-state index in [9.17, 15) is 0 Å². The number of nitrogens with zero attached hydrogens (tertiary/aromatic N) is 1. The summed E-state index contributed by atoms with van der Waals surface area (Å²) in [5, 5.41) is 3.64. The Kier molecular flexibility index (Phi) is 3.13. The van der Waals surface area contributed by atoms with Gasteiger partial charge in [0.25, 0.3) is 0 Å². The zero-order valence-electron chi connectivity index (χ0n) is 9.79. The highest BCUT2D eigenvalue weighted by Gasteiger charge is 2.35.